The van der Waals surface area contributed by atoms with E-state index >= 15 is 0 Å². The van der Waals surface area contributed by atoms with Gasteiger partial charge in [-0.3, -0.25) is 4.79 Å². The molecule has 3 nitrogen and oxygen atoms in total. The van der Waals surface area contributed by atoms with Crippen molar-refractivity contribution in [3.8, 4) is 0 Å². The van der Waals surface area contributed by atoms with Crippen LogP contribution in [0.5, 0.6) is 0 Å². The summed E-state index contributed by atoms with van der Waals surface area (Å²) < 4.78 is 5.96. The van der Waals surface area contributed by atoms with Crippen molar-refractivity contribution in [3.05, 3.63) is 0 Å². The second-order valence-electron chi connectivity index (χ2n) is 7.63. The van der Waals surface area contributed by atoms with Crippen LogP contribution in [0.25, 0.3) is 0 Å². The van der Waals surface area contributed by atoms with Crippen LogP contribution in [0.2, 0.25) is 0 Å². The number of carbonyl (C=O) groups is 1. The molecule has 0 rings (SSSR count). The molecule has 0 aliphatic heterocycles. The molecule has 0 aromatic carbocycles. The Labute approximate surface area is 167 Å². The van der Waals surface area contributed by atoms with Gasteiger partial charge in [0.2, 0.25) is 0 Å². The first-order valence-corrected chi connectivity index (χ1v) is 10.6. The molecule has 0 bridgehead atoms. The number of hydrogen-bond donors (Lipinski definition) is 0. The summed E-state index contributed by atoms with van der Waals surface area (Å²) in [6, 6.07) is 0. The van der Waals surface area contributed by atoms with E-state index < -0.39 is 0 Å². The van der Waals surface area contributed by atoms with Gasteiger partial charge in [-0.05, 0) is 12.8 Å². The summed E-state index contributed by atoms with van der Waals surface area (Å²) in [4.78, 5) is 11.0. The van der Waals surface area contributed by atoms with Crippen LogP contribution in [0.15, 0.2) is 0 Å². The van der Waals surface area contributed by atoms with Crippen LogP contribution in [0.3, 0.4) is 0 Å². The number of rotatable bonds is 17. The Morgan fingerprint density at radius 2 is 1.24 bits per heavy atom. The van der Waals surface area contributed by atoms with Crippen LogP contribution in [-0.4, -0.2) is 50.1 Å². The van der Waals surface area contributed by atoms with Crippen LogP contribution >= 0.6 is 11.6 Å². The number of alkyl halides is 1. The van der Waals surface area contributed by atoms with Crippen LogP contribution in [-0.2, 0) is 9.53 Å². The predicted molar refractivity (Wildman–Crippen MR) is 105 cm³/mol. The maximum absolute atomic E-state index is 11.0. The number of esters is 1. The van der Waals surface area contributed by atoms with Crippen molar-refractivity contribution in [1.29, 1.82) is 0 Å². The Morgan fingerprint density at radius 3 is 1.68 bits per heavy atom. The molecular weight excluding hydrogens is 357 g/mol. The fourth-order valence-electron chi connectivity index (χ4n) is 2.94. The van der Waals surface area contributed by atoms with E-state index in [1.165, 1.54) is 77.0 Å². The number of halogens is 2. The van der Waals surface area contributed by atoms with Gasteiger partial charge < -0.3 is 21.6 Å². The standard InChI is InChI=1S/C20H41ClNO2.ClH/c1-4-5-6-7-8-9-10-11-12-13-14-15-16-22(2,3)17-18-24-20(23)19-21;/h4-19H2,1-3H3;1H/q+1;/p-1. The maximum Gasteiger partial charge on any atom is 0.321 e. The van der Waals surface area contributed by atoms with Gasteiger partial charge in [-0.15, -0.1) is 11.6 Å². The Hall–Kier alpha value is 0.01000. The Kier molecular flexibility index (Phi) is 20.5. The lowest BCUT2D eigenvalue weighted by Gasteiger charge is -2.29. The zero-order valence-electron chi connectivity index (χ0n) is 16.8. The summed E-state index contributed by atoms with van der Waals surface area (Å²) in [6.45, 7) is 4.75. The van der Waals surface area contributed by atoms with Crippen molar-refractivity contribution >= 4 is 17.6 Å². The number of hydrogen-bond acceptors (Lipinski definition) is 2. The lowest BCUT2D eigenvalue weighted by atomic mass is 10.1. The van der Waals surface area contributed by atoms with E-state index in [-0.39, 0.29) is 24.3 Å². The van der Waals surface area contributed by atoms with Crippen molar-refractivity contribution in [3.63, 3.8) is 0 Å². The molecule has 0 radical (unpaired) electrons. The Balaban J connectivity index is 0. The summed E-state index contributed by atoms with van der Waals surface area (Å²) >= 11 is 5.41. The molecule has 0 saturated heterocycles. The van der Waals surface area contributed by atoms with Gasteiger partial charge in [0, 0.05) is 0 Å². The zero-order valence-corrected chi connectivity index (χ0v) is 18.3. The molecule has 0 aliphatic rings. The molecule has 0 aromatic heterocycles. The summed E-state index contributed by atoms with van der Waals surface area (Å²) in [7, 11) is 4.40. The van der Waals surface area contributed by atoms with E-state index in [2.05, 4.69) is 21.0 Å². The van der Waals surface area contributed by atoms with E-state index in [0.29, 0.717) is 6.61 Å². The first-order chi connectivity index (χ1) is 11.5. The smallest absolute Gasteiger partial charge is 0.321 e. The number of unbranched alkanes of at least 4 members (excludes halogenated alkanes) is 11. The van der Waals surface area contributed by atoms with Crippen molar-refractivity contribution in [2.75, 3.05) is 39.7 Å². The molecule has 25 heavy (non-hydrogen) atoms. The first kappa shape index (κ1) is 27.2. The van der Waals surface area contributed by atoms with Crippen LogP contribution in [0.1, 0.15) is 84.0 Å². The first-order valence-electron chi connectivity index (χ1n) is 10.1. The minimum Gasteiger partial charge on any atom is -1.00 e. The topological polar surface area (TPSA) is 26.3 Å². The number of nitrogens with zero attached hydrogens (tertiary/aromatic N) is 1. The van der Waals surface area contributed by atoms with Crippen LogP contribution in [0.4, 0.5) is 0 Å². The molecule has 0 saturated carbocycles. The highest BCUT2D eigenvalue weighted by molar-refractivity contribution is 6.26. The van der Waals surface area contributed by atoms with Gasteiger partial charge in [0.1, 0.15) is 19.0 Å². The van der Waals surface area contributed by atoms with E-state index in [4.69, 9.17) is 16.3 Å². The van der Waals surface area contributed by atoms with E-state index in [1.54, 1.807) is 0 Å². The molecule has 0 fully saturated rings. The van der Waals surface area contributed by atoms with Gasteiger partial charge in [-0.1, -0.05) is 71.1 Å². The molecule has 0 amide bonds. The highest BCUT2D eigenvalue weighted by Crippen LogP contribution is 2.12. The van der Waals surface area contributed by atoms with Crippen molar-refractivity contribution in [2.45, 2.75) is 84.0 Å². The van der Waals surface area contributed by atoms with Crippen molar-refractivity contribution in [2.24, 2.45) is 0 Å². The minimum absolute atomic E-state index is 0. The lowest BCUT2D eigenvalue weighted by molar-refractivity contribution is -0.890. The summed E-state index contributed by atoms with van der Waals surface area (Å²) in [5.74, 6) is -0.367. The van der Waals surface area contributed by atoms with E-state index in [0.717, 1.165) is 17.6 Å². The number of ether oxygens (including phenoxy) is 1. The van der Waals surface area contributed by atoms with Gasteiger partial charge in [0.05, 0.1) is 20.6 Å². The lowest BCUT2D eigenvalue weighted by Crippen LogP contribution is -3.00. The fourth-order valence-corrected chi connectivity index (χ4v) is 3.01. The average Bonchev–Trinajstić information content (AvgIpc) is 2.55. The second kappa shape index (κ2) is 18.8. The SMILES string of the molecule is CCCCCCCCCCCCCC[N+](C)(C)CCOC(=O)CCl.[Cl-]. The average molecular weight is 398 g/mol. The molecule has 0 aliphatic carbocycles. The third-order valence-corrected chi connectivity index (χ3v) is 4.90. The number of likely N-dealkylation sites (N-methyl/N-ethyl adjacent to an activating group) is 1. The molecular formula is C20H41Cl2NO2. The zero-order chi connectivity index (χ0) is 18.1. The van der Waals surface area contributed by atoms with Gasteiger partial charge >= 0.3 is 5.97 Å². The summed E-state index contributed by atoms with van der Waals surface area (Å²) in [5, 5.41) is 0. The largest absolute Gasteiger partial charge is 1.00 e. The third kappa shape index (κ3) is 20.2. The minimum atomic E-state index is -0.318. The Morgan fingerprint density at radius 1 is 0.800 bits per heavy atom. The second-order valence-corrected chi connectivity index (χ2v) is 7.89. The number of carbonyl (C=O) groups excluding carboxylic acids is 1. The molecule has 0 N–H and O–H groups in total. The van der Waals surface area contributed by atoms with Crippen LogP contribution < -0.4 is 12.4 Å². The van der Waals surface area contributed by atoms with Crippen molar-refractivity contribution in [1.82, 2.24) is 0 Å². The highest BCUT2D eigenvalue weighted by atomic mass is 35.5. The monoisotopic (exact) mass is 397 g/mol. The Bertz CT molecular complexity index is 299. The molecule has 152 valence electrons. The molecule has 0 heterocycles. The van der Waals surface area contributed by atoms with E-state index in [9.17, 15) is 4.79 Å². The van der Waals surface area contributed by atoms with Crippen molar-refractivity contribution < 1.29 is 26.4 Å². The molecule has 0 aromatic rings. The molecule has 0 spiro atoms. The number of quaternary nitrogens is 1. The van der Waals surface area contributed by atoms with Crippen LogP contribution in [0, 0.1) is 0 Å². The predicted octanol–water partition coefficient (Wildman–Crippen LogP) is 2.55. The molecule has 0 atom stereocenters. The van der Waals surface area contributed by atoms with Gasteiger partial charge in [0.15, 0.2) is 0 Å². The van der Waals surface area contributed by atoms with Gasteiger partial charge in [0.25, 0.3) is 0 Å². The molecule has 0 unspecified atom stereocenters. The highest BCUT2D eigenvalue weighted by Gasteiger charge is 2.15. The fraction of sp³-hybridized carbons (Fsp3) is 0.950. The summed E-state index contributed by atoms with van der Waals surface area (Å²) in [5.41, 5.74) is 0. The normalized spacial score (nSPS) is 11.2. The van der Waals surface area contributed by atoms with Gasteiger partial charge in [-0.25, -0.2) is 0 Å². The summed E-state index contributed by atoms with van der Waals surface area (Å²) in [6.07, 6.45) is 16.6. The maximum atomic E-state index is 11.0. The molecule has 5 heteroatoms. The van der Waals surface area contributed by atoms with E-state index in [1.807, 2.05) is 0 Å². The van der Waals surface area contributed by atoms with Gasteiger partial charge in [-0.2, -0.15) is 0 Å². The quantitative estimate of drug-likeness (QED) is 0.163. The third-order valence-electron chi connectivity index (χ3n) is 4.69.